The molecule has 114 valence electrons. The Morgan fingerprint density at radius 3 is 2.81 bits per heavy atom. The maximum atomic E-state index is 5.05. The van der Waals surface area contributed by atoms with Crippen molar-refractivity contribution in [3.63, 3.8) is 0 Å². The Hall–Kier alpha value is -1.31. The number of benzene rings is 1. The van der Waals surface area contributed by atoms with Crippen LogP contribution in [-0.4, -0.2) is 40.5 Å². The van der Waals surface area contributed by atoms with Crippen molar-refractivity contribution in [3.8, 4) is 5.69 Å². The Balaban J connectivity index is 2.32. The molecule has 1 N–H and O–H groups in total. The highest BCUT2D eigenvalue weighted by Gasteiger charge is 2.18. The van der Waals surface area contributed by atoms with Crippen LogP contribution in [0.4, 0.5) is 0 Å². The molecule has 0 radical (unpaired) electrons. The van der Waals surface area contributed by atoms with E-state index in [0.717, 1.165) is 28.1 Å². The first-order chi connectivity index (χ1) is 10.0. The highest BCUT2D eigenvalue weighted by molar-refractivity contribution is 9.10. The van der Waals surface area contributed by atoms with E-state index in [4.69, 9.17) is 4.74 Å². The molecule has 0 saturated carbocycles. The first-order valence-electron chi connectivity index (χ1n) is 6.82. The van der Waals surface area contributed by atoms with Gasteiger partial charge in [0.25, 0.3) is 0 Å². The molecule has 2 rings (SSSR count). The van der Waals surface area contributed by atoms with Gasteiger partial charge in [0.1, 0.15) is 0 Å². The van der Waals surface area contributed by atoms with Gasteiger partial charge in [-0.3, -0.25) is 0 Å². The average molecular weight is 354 g/mol. The number of nitrogens with one attached hydrogen (secondary N) is 1. The molecule has 0 aliphatic heterocycles. The molecule has 0 bridgehead atoms. The first kappa shape index (κ1) is 16.1. The highest BCUT2D eigenvalue weighted by atomic mass is 79.9. The zero-order chi connectivity index (χ0) is 15.4. The lowest BCUT2D eigenvalue weighted by molar-refractivity contribution is 0.196. The lowest BCUT2D eigenvalue weighted by Gasteiger charge is -2.15. The summed E-state index contributed by atoms with van der Waals surface area (Å²) in [4.78, 5) is 0. The van der Waals surface area contributed by atoms with Crippen LogP contribution in [0.25, 0.3) is 5.69 Å². The van der Waals surface area contributed by atoms with Crippen LogP contribution in [-0.2, 0) is 4.74 Å². The number of nitrogens with zero attached hydrogens (tertiary/aromatic N) is 4. The van der Waals surface area contributed by atoms with Crippen LogP contribution in [0.1, 0.15) is 29.9 Å². The van der Waals surface area contributed by atoms with Crippen molar-refractivity contribution in [1.29, 1.82) is 0 Å². The Labute approximate surface area is 133 Å². The van der Waals surface area contributed by atoms with Gasteiger partial charge in [0.2, 0.25) is 0 Å². The Morgan fingerprint density at radius 2 is 2.14 bits per heavy atom. The molecule has 1 aromatic carbocycles. The molecule has 21 heavy (non-hydrogen) atoms. The average Bonchev–Trinajstić information content (AvgIpc) is 2.87. The van der Waals surface area contributed by atoms with E-state index < -0.39 is 0 Å². The van der Waals surface area contributed by atoms with Gasteiger partial charge < -0.3 is 10.1 Å². The molecule has 1 aromatic heterocycles. The number of methoxy groups -OCH3 is 1. The van der Waals surface area contributed by atoms with E-state index in [9.17, 15) is 0 Å². The number of aromatic nitrogens is 4. The van der Waals surface area contributed by atoms with Gasteiger partial charge in [-0.2, -0.15) is 4.68 Å². The van der Waals surface area contributed by atoms with Gasteiger partial charge in [0, 0.05) is 18.1 Å². The summed E-state index contributed by atoms with van der Waals surface area (Å²) in [6, 6.07) is 4.22. The van der Waals surface area contributed by atoms with Gasteiger partial charge >= 0.3 is 0 Å². The maximum Gasteiger partial charge on any atom is 0.173 e. The standard InChI is InChI=1S/C14H20BrN5O/c1-9-7-10(2)13(12(15)8-9)20-14(17-18-19-20)11(3)16-5-6-21-4/h7-8,11,16H,5-6H2,1-4H3. The predicted molar refractivity (Wildman–Crippen MR) is 84.6 cm³/mol. The van der Waals surface area contributed by atoms with Crippen molar-refractivity contribution in [2.24, 2.45) is 0 Å². The summed E-state index contributed by atoms with van der Waals surface area (Å²) in [5.74, 6) is 0.777. The van der Waals surface area contributed by atoms with E-state index in [1.165, 1.54) is 5.56 Å². The number of hydrogen-bond donors (Lipinski definition) is 1. The minimum atomic E-state index is 0.0303. The molecule has 1 heterocycles. The number of rotatable bonds is 6. The molecule has 0 amide bonds. The summed E-state index contributed by atoms with van der Waals surface area (Å²) in [6.45, 7) is 7.56. The topological polar surface area (TPSA) is 64.9 Å². The Bertz CT molecular complexity index is 590. The van der Waals surface area contributed by atoms with Gasteiger partial charge in [-0.05, 0) is 64.3 Å². The van der Waals surface area contributed by atoms with Crippen LogP contribution in [0.5, 0.6) is 0 Å². The smallest absolute Gasteiger partial charge is 0.173 e. The summed E-state index contributed by atoms with van der Waals surface area (Å²) in [5, 5.41) is 15.5. The van der Waals surface area contributed by atoms with Crippen LogP contribution >= 0.6 is 15.9 Å². The normalized spacial score (nSPS) is 12.6. The fourth-order valence-electron chi connectivity index (χ4n) is 2.27. The van der Waals surface area contributed by atoms with Crippen molar-refractivity contribution in [2.75, 3.05) is 20.3 Å². The van der Waals surface area contributed by atoms with Crippen LogP contribution in [0.2, 0.25) is 0 Å². The number of aryl methyl sites for hydroxylation is 2. The maximum absolute atomic E-state index is 5.05. The van der Waals surface area contributed by atoms with E-state index in [1.807, 2.05) is 6.92 Å². The van der Waals surface area contributed by atoms with Crippen LogP contribution in [0.3, 0.4) is 0 Å². The molecule has 0 spiro atoms. The molecule has 1 unspecified atom stereocenters. The van der Waals surface area contributed by atoms with Crippen LogP contribution < -0.4 is 5.32 Å². The molecule has 2 aromatic rings. The molecule has 0 fully saturated rings. The first-order valence-corrected chi connectivity index (χ1v) is 7.61. The largest absolute Gasteiger partial charge is 0.383 e. The van der Waals surface area contributed by atoms with Crippen LogP contribution in [0, 0.1) is 13.8 Å². The third kappa shape index (κ3) is 3.66. The Kier molecular flexibility index (Phi) is 5.44. The number of ether oxygens (including phenoxy) is 1. The fraction of sp³-hybridized carbons (Fsp3) is 0.500. The number of halogens is 1. The van der Waals surface area contributed by atoms with Gasteiger partial charge in [0.05, 0.1) is 18.3 Å². The van der Waals surface area contributed by atoms with Crippen LogP contribution in [0.15, 0.2) is 16.6 Å². The molecular weight excluding hydrogens is 334 g/mol. The minimum absolute atomic E-state index is 0.0303. The summed E-state index contributed by atoms with van der Waals surface area (Å²) in [7, 11) is 1.68. The second-order valence-corrected chi connectivity index (χ2v) is 5.88. The highest BCUT2D eigenvalue weighted by Crippen LogP contribution is 2.27. The lowest BCUT2D eigenvalue weighted by Crippen LogP contribution is -2.25. The van der Waals surface area contributed by atoms with E-state index >= 15 is 0 Å². The molecule has 7 heteroatoms. The van der Waals surface area contributed by atoms with Crippen molar-refractivity contribution in [1.82, 2.24) is 25.5 Å². The van der Waals surface area contributed by atoms with E-state index in [2.05, 4.69) is 62.8 Å². The second-order valence-electron chi connectivity index (χ2n) is 5.03. The molecular formula is C14H20BrN5O. The van der Waals surface area contributed by atoms with Crippen molar-refractivity contribution >= 4 is 15.9 Å². The zero-order valence-electron chi connectivity index (χ0n) is 12.7. The Morgan fingerprint density at radius 1 is 1.38 bits per heavy atom. The third-order valence-electron chi connectivity index (χ3n) is 3.25. The third-order valence-corrected chi connectivity index (χ3v) is 3.85. The molecule has 0 aliphatic carbocycles. The summed E-state index contributed by atoms with van der Waals surface area (Å²) >= 11 is 3.61. The van der Waals surface area contributed by atoms with Gasteiger partial charge in [-0.15, -0.1) is 5.10 Å². The lowest BCUT2D eigenvalue weighted by atomic mass is 10.1. The summed E-state index contributed by atoms with van der Waals surface area (Å²) < 4.78 is 7.81. The molecule has 0 saturated heterocycles. The number of tetrazole rings is 1. The van der Waals surface area contributed by atoms with E-state index in [1.54, 1.807) is 11.8 Å². The quantitative estimate of drug-likeness (QED) is 0.807. The SMILES string of the molecule is COCCNC(C)c1nnnn1-c1c(C)cc(C)cc1Br. The monoisotopic (exact) mass is 353 g/mol. The second kappa shape index (κ2) is 7.11. The predicted octanol–water partition coefficient (Wildman–Crippen LogP) is 2.34. The van der Waals surface area contributed by atoms with E-state index in [0.29, 0.717) is 6.61 Å². The molecule has 1 atom stereocenters. The molecule has 0 aliphatic rings. The summed E-state index contributed by atoms with van der Waals surface area (Å²) in [5.41, 5.74) is 3.30. The van der Waals surface area contributed by atoms with Crippen molar-refractivity contribution in [2.45, 2.75) is 26.8 Å². The van der Waals surface area contributed by atoms with Crippen molar-refractivity contribution in [3.05, 3.63) is 33.6 Å². The zero-order valence-corrected chi connectivity index (χ0v) is 14.3. The number of hydrogen-bond acceptors (Lipinski definition) is 5. The van der Waals surface area contributed by atoms with Gasteiger partial charge in [-0.25, -0.2) is 0 Å². The van der Waals surface area contributed by atoms with E-state index in [-0.39, 0.29) is 6.04 Å². The summed E-state index contributed by atoms with van der Waals surface area (Å²) in [6.07, 6.45) is 0. The van der Waals surface area contributed by atoms with Gasteiger partial charge in [-0.1, -0.05) is 6.07 Å². The molecule has 6 nitrogen and oxygen atoms in total. The minimum Gasteiger partial charge on any atom is -0.383 e. The van der Waals surface area contributed by atoms with Gasteiger partial charge in [0.15, 0.2) is 5.82 Å². The van der Waals surface area contributed by atoms with Crippen molar-refractivity contribution < 1.29 is 4.74 Å². The fourth-order valence-corrected chi connectivity index (χ4v) is 3.11.